The molecule has 6 nitrogen and oxygen atoms in total. The van der Waals surface area contributed by atoms with E-state index in [0.29, 0.717) is 0 Å². The number of carbonyl (C=O) groups excluding carboxylic acids is 1. The second-order valence-electron chi connectivity index (χ2n) is 5.81. The molecule has 0 aliphatic heterocycles. The van der Waals surface area contributed by atoms with E-state index in [9.17, 15) is 9.59 Å². The molecule has 1 unspecified atom stereocenters. The molecule has 1 amide bonds. The number of rotatable bonds is 3. The quantitative estimate of drug-likeness (QED) is 0.873. The Morgan fingerprint density at radius 1 is 1.53 bits per heavy atom. The van der Waals surface area contributed by atoms with E-state index in [0.717, 1.165) is 31.7 Å². The Morgan fingerprint density at radius 2 is 2.26 bits per heavy atom. The molecule has 0 spiro atoms. The number of hydrogen-bond donors (Lipinski definition) is 2. The van der Waals surface area contributed by atoms with E-state index in [-0.39, 0.29) is 28.8 Å². The zero-order valence-corrected chi connectivity index (χ0v) is 11.1. The minimum Gasteiger partial charge on any atom is -0.475 e. The molecule has 1 aromatic rings. The van der Waals surface area contributed by atoms with Crippen molar-refractivity contribution in [2.45, 2.75) is 45.6 Å². The van der Waals surface area contributed by atoms with Gasteiger partial charge in [0, 0.05) is 12.1 Å². The molecule has 1 atom stereocenters. The SMILES string of the molecule is CC1(C)CCCC(NC(=O)c2cc(C(=O)O)on2)C1. The van der Waals surface area contributed by atoms with Crippen LogP contribution in [0.3, 0.4) is 0 Å². The van der Waals surface area contributed by atoms with Gasteiger partial charge in [0.1, 0.15) is 0 Å². The second kappa shape index (κ2) is 5.03. The zero-order valence-electron chi connectivity index (χ0n) is 11.1. The van der Waals surface area contributed by atoms with Gasteiger partial charge in [0.05, 0.1) is 0 Å². The Morgan fingerprint density at radius 3 is 2.84 bits per heavy atom. The molecule has 1 fully saturated rings. The Hall–Kier alpha value is -1.85. The summed E-state index contributed by atoms with van der Waals surface area (Å²) in [5.74, 6) is -1.93. The number of amides is 1. The van der Waals surface area contributed by atoms with Crippen LogP contribution in [0.25, 0.3) is 0 Å². The maximum Gasteiger partial charge on any atom is 0.374 e. The predicted molar refractivity (Wildman–Crippen MR) is 67.0 cm³/mol. The van der Waals surface area contributed by atoms with Crippen LogP contribution < -0.4 is 5.32 Å². The third-order valence-electron chi connectivity index (χ3n) is 3.49. The first-order chi connectivity index (χ1) is 8.87. The summed E-state index contributed by atoms with van der Waals surface area (Å²) in [5, 5.41) is 15.1. The molecular weight excluding hydrogens is 248 g/mol. The number of hydrogen-bond acceptors (Lipinski definition) is 4. The molecule has 0 radical (unpaired) electrons. The molecule has 104 valence electrons. The van der Waals surface area contributed by atoms with Gasteiger partial charge in [-0.05, 0) is 24.7 Å². The van der Waals surface area contributed by atoms with Crippen molar-refractivity contribution < 1.29 is 19.2 Å². The lowest BCUT2D eigenvalue weighted by atomic mass is 9.75. The maximum absolute atomic E-state index is 11.9. The van der Waals surface area contributed by atoms with E-state index in [1.165, 1.54) is 0 Å². The lowest BCUT2D eigenvalue weighted by Crippen LogP contribution is -2.40. The Balaban J connectivity index is 1.98. The minimum atomic E-state index is -1.23. The number of aromatic carboxylic acids is 1. The van der Waals surface area contributed by atoms with Crippen molar-refractivity contribution in [3.8, 4) is 0 Å². The number of aromatic nitrogens is 1. The van der Waals surface area contributed by atoms with Gasteiger partial charge in [-0.2, -0.15) is 0 Å². The predicted octanol–water partition coefficient (Wildman–Crippen LogP) is 2.07. The smallest absolute Gasteiger partial charge is 0.374 e. The van der Waals surface area contributed by atoms with Crippen LogP contribution in [-0.4, -0.2) is 28.2 Å². The fourth-order valence-corrected chi connectivity index (χ4v) is 2.56. The molecule has 0 aromatic carbocycles. The standard InChI is InChI=1S/C13H18N2O4/c1-13(2)5-3-4-8(7-13)14-11(16)9-6-10(12(17)18)19-15-9/h6,8H,3-5,7H2,1-2H3,(H,14,16)(H,17,18). The highest BCUT2D eigenvalue weighted by Gasteiger charge is 2.29. The van der Waals surface area contributed by atoms with E-state index >= 15 is 0 Å². The lowest BCUT2D eigenvalue weighted by molar-refractivity contribution is 0.0650. The summed E-state index contributed by atoms with van der Waals surface area (Å²) >= 11 is 0. The van der Waals surface area contributed by atoms with Gasteiger partial charge >= 0.3 is 5.97 Å². The average Bonchev–Trinajstić information content (AvgIpc) is 2.76. The van der Waals surface area contributed by atoms with Crippen molar-refractivity contribution in [3.05, 3.63) is 17.5 Å². The third kappa shape index (κ3) is 3.33. The molecule has 1 aromatic heterocycles. The van der Waals surface area contributed by atoms with Crippen LogP contribution in [0.4, 0.5) is 0 Å². The summed E-state index contributed by atoms with van der Waals surface area (Å²) in [6, 6.07) is 1.26. The Labute approximate surface area is 111 Å². The molecular formula is C13H18N2O4. The van der Waals surface area contributed by atoms with Gasteiger partial charge in [0.25, 0.3) is 5.91 Å². The zero-order chi connectivity index (χ0) is 14.0. The highest BCUT2D eigenvalue weighted by molar-refractivity contribution is 5.94. The Bertz CT molecular complexity index is 493. The van der Waals surface area contributed by atoms with Crippen LogP contribution in [0.5, 0.6) is 0 Å². The maximum atomic E-state index is 11.9. The van der Waals surface area contributed by atoms with Crippen molar-refractivity contribution >= 4 is 11.9 Å². The number of carboxylic acid groups (broad SMARTS) is 1. The number of carboxylic acids is 1. The molecule has 1 aliphatic rings. The van der Waals surface area contributed by atoms with Crippen LogP contribution in [0.1, 0.15) is 60.6 Å². The topological polar surface area (TPSA) is 92.4 Å². The van der Waals surface area contributed by atoms with Crippen LogP contribution >= 0.6 is 0 Å². The highest BCUT2D eigenvalue weighted by atomic mass is 16.5. The van der Waals surface area contributed by atoms with Crippen molar-refractivity contribution in [2.75, 3.05) is 0 Å². The van der Waals surface area contributed by atoms with Gasteiger partial charge < -0.3 is 14.9 Å². The first kappa shape index (κ1) is 13.6. The molecule has 1 saturated carbocycles. The molecule has 1 aliphatic carbocycles. The van der Waals surface area contributed by atoms with Gasteiger partial charge in [-0.25, -0.2) is 4.79 Å². The van der Waals surface area contributed by atoms with Gasteiger partial charge in [-0.1, -0.05) is 25.4 Å². The lowest BCUT2D eigenvalue weighted by Gasteiger charge is -2.35. The monoisotopic (exact) mass is 266 g/mol. The summed E-state index contributed by atoms with van der Waals surface area (Å²) in [5.41, 5.74) is 0.243. The van der Waals surface area contributed by atoms with Crippen LogP contribution in [-0.2, 0) is 0 Å². The van der Waals surface area contributed by atoms with Crippen molar-refractivity contribution in [2.24, 2.45) is 5.41 Å². The van der Waals surface area contributed by atoms with E-state index in [2.05, 4.69) is 28.8 Å². The van der Waals surface area contributed by atoms with Crippen molar-refractivity contribution in [3.63, 3.8) is 0 Å². The average molecular weight is 266 g/mol. The molecule has 6 heteroatoms. The molecule has 0 saturated heterocycles. The van der Waals surface area contributed by atoms with Gasteiger partial charge in [0.2, 0.25) is 5.76 Å². The fraction of sp³-hybridized carbons (Fsp3) is 0.615. The number of carbonyl (C=O) groups is 2. The van der Waals surface area contributed by atoms with Crippen LogP contribution in [0.15, 0.2) is 10.6 Å². The summed E-state index contributed by atoms with van der Waals surface area (Å²) in [4.78, 5) is 22.6. The first-order valence-electron chi connectivity index (χ1n) is 6.38. The van der Waals surface area contributed by atoms with Crippen LogP contribution in [0.2, 0.25) is 0 Å². The minimum absolute atomic E-state index is 0.0146. The molecule has 19 heavy (non-hydrogen) atoms. The summed E-state index contributed by atoms with van der Waals surface area (Å²) < 4.78 is 4.57. The number of nitrogens with one attached hydrogen (secondary N) is 1. The van der Waals surface area contributed by atoms with Gasteiger partial charge in [-0.15, -0.1) is 0 Å². The normalized spacial score (nSPS) is 21.9. The third-order valence-corrected chi connectivity index (χ3v) is 3.49. The summed E-state index contributed by atoms with van der Waals surface area (Å²) in [6.07, 6.45) is 4.10. The summed E-state index contributed by atoms with van der Waals surface area (Å²) in [7, 11) is 0. The Kier molecular flexibility index (Phi) is 3.59. The van der Waals surface area contributed by atoms with E-state index in [1.54, 1.807) is 0 Å². The van der Waals surface area contributed by atoms with Crippen molar-refractivity contribution in [1.29, 1.82) is 0 Å². The van der Waals surface area contributed by atoms with Gasteiger partial charge in [0.15, 0.2) is 5.69 Å². The van der Waals surface area contributed by atoms with E-state index < -0.39 is 5.97 Å². The van der Waals surface area contributed by atoms with Crippen LogP contribution in [0, 0.1) is 5.41 Å². The fourth-order valence-electron chi connectivity index (χ4n) is 2.56. The van der Waals surface area contributed by atoms with E-state index in [1.807, 2.05) is 0 Å². The molecule has 1 heterocycles. The van der Waals surface area contributed by atoms with Crippen molar-refractivity contribution in [1.82, 2.24) is 10.5 Å². The first-order valence-corrected chi connectivity index (χ1v) is 6.38. The summed E-state index contributed by atoms with van der Waals surface area (Å²) in [6.45, 7) is 4.37. The van der Waals surface area contributed by atoms with E-state index in [4.69, 9.17) is 5.11 Å². The molecule has 0 bridgehead atoms. The number of nitrogens with zero attached hydrogens (tertiary/aromatic N) is 1. The van der Waals surface area contributed by atoms with Gasteiger partial charge in [-0.3, -0.25) is 4.79 Å². The molecule has 2 N–H and O–H groups in total. The highest BCUT2D eigenvalue weighted by Crippen LogP contribution is 2.35. The largest absolute Gasteiger partial charge is 0.475 e. The molecule has 2 rings (SSSR count). The second-order valence-corrected chi connectivity index (χ2v) is 5.81.